The Labute approximate surface area is 169 Å². The first-order chi connectivity index (χ1) is 13.8. The van der Waals surface area contributed by atoms with Crippen molar-refractivity contribution in [1.82, 2.24) is 9.80 Å². The second kappa shape index (κ2) is 8.86. The molecule has 0 N–H and O–H groups in total. The molecular formula is C20H17ClF4N2O2. The Morgan fingerprint density at radius 1 is 1.07 bits per heavy atom. The van der Waals surface area contributed by atoms with Crippen molar-refractivity contribution < 1.29 is 27.1 Å². The summed E-state index contributed by atoms with van der Waals surface area (Å²) >= 11 is 5.79. The number of nitrogens with zero attached hydrogens (tertiary/aromatic N) is 2. The fraction of sp³-hybridized carbons (Fsp3) is 0.300. The quantitative estimate of drug-likeness (QED) is 0.525. The number of alkyl halides is 3. The van der Waals surface area contributed by atoms with Gasteiger partial charge in [-0.05, 0) is 42.0 Å². The van der Waals surface area contributed by atoms with E-state index in [0.29, 0.717) is 16.3 Å². The lowest BCUT2D eigenvalue weighted by Gasteiger charge is -2.42. The van der Waals surface area contributed by atoms with Crippen LogP contribution in [-0.4, -0.2) is 47.8 Å². The topological polar surface area (TPSA) is 32.8 Å². The Morgan fingerprint density at radius 2 is 1.72 bits per heavy atom. The summed E-state index contributed by atoms with van der Waals surface area (Å²) in [6.45, 7) is -0.132. The average molecular weight is 429 g/mol. The number of piperazine rings is 1. The summed E-state index contributed by atoms with van der Waals surface area (Å²) in [5.74, 6) is 1.38. The molecule has 9 heteroatoms. The second-order valence-corrected chi connectivity index (χ2v) is 6.96. The van der Waals surface area contributed by atoms with Crippen LogP contribution in [0.4, 0.5) is 17.6 Å². The van der Waals surface area contributed by atoms with Gasteiger partial charge in [-0.2, -0.15) is 13.2 Å². The lowest BCUT2D eigenvalue weighted by Crippen LogP contribution is -2.58. The number of benzene rings is 2. The van der Waals surface area contributed by atoms with Gasteiger partial charge in [0.1, 0.15) is 29.9 Å². The summed E-state index contributed by atoms with van der Waals surface area (Å²) < 4.78 is 59.9. The van der Waals surface area contributed by atoms with Gasteiger partial charge in [0.15, 0.2) is 6.04 Å². The first kappa shape index (κ1) is 21.2. The maximum Gasteiger partial charge on any atom is 0.410 e. The molecule has 1 atom stereocenters. The van der Waals surface area contributed by atoms with E-state index in [4.69, 9.17) is 16.3 Å². The lowest BCUT2D eigenvalue weighted by molar-refractivity contribution is -0.191. The third kappa shape index (κ3) is 5.29. The smallest absolute Gasteiger partial charge is 0.410 e. The van der Waals surface area contributed by atoms with Crippen LogP contribution in [0.2, 0.25) is 5.02 Å². The minimum absolute atomic E-state index is 0.0180. The zero-order valence-corrected chi connectivity index (χ0v) is 15.9. The first-order valence-electron chi connectivity index (χ1n) is 8.71. The van der Waals surface area contributed by atoms with Crippen LogP contribution in [-0.2, 0) is 11.3 Å². The van der Waals surface area contributed by atoms with E-state index in [9.17, 15) is 22.4 Å². The molecule has 1 saturated heterocycles. The fourth-order valence-corrected chi connectivity index (χ4v) is 3.25. The normalized spacial score (nSPS) is 17.9. The molecule has 2 aromatic carbocycles. The number of halogens is 5. The molecule has 0 amide bonds. The highest BCUT2D eigenvalue weighted by molar-refractivity contribution is 6.30. The van der Waals surface area contributed by atoms with Crippen molar-refractivity contribution in [2.75, 3.05) is 19.8 Å². The largest absolute Gasteiger partial charge is 0.478 e. The Balaban J connectivity index is 1.77. The molecule has 29 heavy (non-hydrogen) atoms. The average Bonchev–Trinajstić information content (AvgIpc) is 2.68. The van der Waals surface area contributed by atoms with E-state index in [1.165, 1.54) is 35.1 Å². The summed E-state index contributed by atoms with van der Waals surface area (Å²) in [6.07, 6.45) is -4.70. The molecule has 0 radical (unpaired) electrons. The highest BCUT2D eigenvalue weighted by Gasteiger charge is 2.50. The number of hydrogen-bond donors (Lipinski definition) is 0. The van der Waals surface area contributed by atoms with Gasteiger partial charge in [0.05, 0.1) is 0 Å². The molecule has 0 aliphatic carbocycles. The minimum Gasteiger partial charge on any atom is -0.478 e. The van der Waals surface area contributed by atoms with Crippen LogP contribution in [0.25, 0.3) is 0 Å². The zero-order chi connectivity index (χ0) is 21.0. The van der Waals surface area contributed by atoms with Crippen molar-refractivity contribution in [2.24, 2.45) is 0 Å². The fourth-order valence-electron chi connectivity index (χ4n) is 3.13. The van der Waals surface area contributed by atoms with Gasteiger partial charge in [0.2, 0.25) is 0 Å². The lowest BCUT2D eigenvalue weighted by atomic mass is 10.1. The van der Waals surface area contributed by atoms with Crippen LogP contribution in [0.15, 0.2) is 54.2 Å². The molecule has 0 bridgehead atoms. The van der Waals surface area contributed by atoms with E-state index in [2.05, 4.69) is 0 Å². The predicted octanol–water partition coefficient (Wildman–Crippen LogP) is 4.28. The standard InChI is InChI=1S/C20H17ClF4N2O2/c21-15-3-7-17(8-4-15)29-13-27-10-9-26(11-14-1-5-16(22)6-2-14)18(12-28)19(27)20(23,24)25/h1-8,19H,9-11,13H2. The molecule has 3 rings (SSSR count). The van der Waals surface area contributed by atoms with Gasteiger partial charge in [-0.3, -0.25) is 4.90 Å². The summed E-state index contributed by atoms with van der Waals surface area (Å²) in [4.78, 5) is 13.8. The zero-order valence-electron chi connectivity index (χ0n) is 15.1. The van der Waals surface area contributed by atoms with Gasteiger partial charge >= 0.3 is 6.18 Å². The highest BCUT2D eigenvalue weighted by atomic mass is 35.5. The van der Waals surface area contributed by atoms with Crippen LogP contribution >= 0.6 is 11.6 Å². The van der Waals surface area contributed by atoms with Crippen molar-refractivity contribution in [2.45, 2.75) is 18.8 Å². The Bertz CT molecular complexity index is 881. The van der Waals surface area contributed by atoms with E-state index < -0.39 is 23.7 Å². The van der Waals surface area contributed by atoms with E-state index in [1.807, 2.05) is 0 Å². The van der Waals surface area contributed by atoms with E-state index in [1.54, 1.807) is 24.3 Å². The molecule has 1 unspecified atom stereocenters. The molecule has 0 aromatic heterocycles. The monoisotopic (exact) mass is 428 g/mol. The van der Waals surface area contributed by atoms with Gasteiger partial charge < -0.3 is 9.64 Å². The third-order valence-corrected chi connectivity index (χ3v) is 4.79. The first-order valence-corrected chi connectivity index (χ1v) is 9.09. The summed E-state index contributed by atoms with van der Waals surface area (Å²) in [6, 6.07) is 9.45. The Hall–Kier alpha value is -2.54. The van der Waals surface area contributed by atoms with Gasteiger partial charge in [-0.25, -0.2) is 9.18 Å². The summed E-state index contributed by atoms with van der Waals surface area (Å²) in [5.41, 5.74) is 0.0683. The molecule has 2 aromatic rings. The predicted molar refractivity (Wildman–Crippen MR) is 99.5 cm³/mol. The molecule has 1 fully saturated rings. The molecule has 1 heterocycles. The van der Waals surface area contributed by atoms with Gasteiger partial charge in [0, 0.05) is 24.7 Å². The van der Waals surface area contributed by atoms with Crippen LogP contribution in [0, 0.1) is 5.82 Å². The maximum atomic E-state index is 13.8. The van der Waals surface area contributed by atoms with Crippen LogP contribution < -0.4 is 4.74 Å². The second-order valence-electron chi connectivity index (χ2n) is 6.52. The Morgan fingerprint density at radius 3 is 2.31 bits per heavy atom. The van der Waals surface area contributed by atoms with Gasteiger partial charge in [-0.15, -0.1) is 0 Å². The van der Waals surface area contributed by atoms with Crippen LogP contribution in [0.1, 0.15) is 5.56 Å². The van der Waals surface area contributed by atoms with Crippen molar-refractivity contribution in [1.29, 1.82) is 0 Å². The van der Waals surface area contributed by atoms with Crippen molar-refractivity contribution in [3.63, 3.8) is 0 Å². The number of hydrogen-bond acceptors (Lipinski definition) is 4. The van der Waals surface area contributed by atoms with Crippen molar-refractivity contribution in [3.8, 4) is 5.75 Å². The SMILES string of the molecule is O=C=C1C(C(F)(F)F)N(COc2ccc(Cl)cc2)CCN1Cc1ccc(F)cc1. The molecule has 0 spiro atoms. The van der Waals surface area contributed by atoms with E-state index >= 15 is 0 Å². The number of ether oxygens (including phenoxy) is 1. The van der Waals surface area contributed by atoms with Gasteiger partial charge in [-0.1, -0.05) is 23.7 Å². The molecule has 1 aliphatic rings. The van der Waals surface area contributed by atoms with Crippen molar-refractivity contribution in [3.05, 3.63) is 70.6 Å². The summed E-state index contributed by atoms with van der Waals surface area (Å²) in [7, 11) is 0. The van der Waals surface area contributed by atoms with E-state index in [-0.39, 0.29) is 26.4 Å². The third-order valence-electron chi connectivity index (χ3n) is 4.53. The minimum atomic E-state index is -4.70. The molecule has 0 saturated carbocycles. The Kier molecular flexibility index (Phi) is 6.47. The summed E-state index contributed by atoms with van der Waals surface area (Å²) in [5, 5.41) is 0.478. The highest BCUT2D eigenvalue weighted by Crippen LogP contribution is 2.34. The molecular weight excluding hydrogens is 412 g/mol. The van der Waals surface area contributed by atoms with Crippen molar-refractivity contribution >= 4 is 17.5 Å². The number of rotatable bonds is 5. The van der Waals surface area contributed by atoms with E-state index in [0.717, 1.165) is 4.90 Å². The van der Waals surface area contributed by atoms with Crippen LogP contribution in [0.5, 0.6) is 5.75 Å². The maximum absolute atomic E-state index is 13.8. The molecule has 4 nitrogen and oxygen atoms in total. The van der Waals surface area contributed by atoms with Crippen LogP contribution in [0.3, 0.4) is 0 Å². The molecule has 1 aliphatic heterocycles. The number of carbonyl (C=O) groups excluding carboxylic acids is 1. The van der Waals surface area contributed by atoms with Gasteiger partial charge in [0.25, 0.3) is 0 Å². The molecule has 154 valence electrons.